The van der Waals surface area contributed by atoms with Gasteiger partial charge < -0.3 is 10.4 Å². The molecule has 0 amide bonds. The maximum absolute atomic E-state index is 10.5. The molecule has 4 heteroatoms. The highest BCUT2D eigenvalue weighted by Gasteiger charge is 1.98. The number of rotatable bonds is 2. The Labute approximate surface area is 69.2 Å². The molecule has 0 radical (unpaired) electrons. The van der Waals surface area contributed by atoms with E-state index < -0.39 is 0 Å². The van der Waals surface area contributed by atoms with Crippen LogP contribution >= 0.6 is 11.8 Å². The summed E-state index contributed by atoms with van der Waals surface area (Å²) in [4.78, 5) is 0.769. The third kappa shape index (κ3) is 1.86. The molecule has 0 fully saturated rings. The van der Waals surface area contributed by atoms with Crippen molar-refractivity contribution in [3.8, 4) is 0 Å². The SMILES string of the molecule is CSc1ccccc1N([O-])O. The molecule has 1 aromatic carbocycles. The Hall–Kier alpha value is -0.710. The Balaban J connectivity index is 3.02. The average molecular weight is 170 g/mol. The summed E-state index contributed by atoms with van der Waals surface area (Å²) in [5.41, 5.74) is 0.292. The molecule has 0 spiro atoms. The summed E-state index contributed by atoms with van der Waals surface area (Å²) in [5, 5.41) is 19.0. The van der Waals surface area contributed by atoms with Crippen molar-refractivity contribution in [2.75, 3.05) is 11.5 Å². The molecule has 0 aliphatic heterocycles. The van der Waals surface area contributed by atoms with Crippen molar-refractivity contribution >= 4 is 17.4 Å². The van der Waals surface area contributed by atoms with Crippen LogP contribution in [-0.2, 0) is 0 Å². The van der Waals surface area contributed by atoms with E-state index in [9.17, 15) is 5.21 Å². The molecule has 0 aliphatic rings. The van der Waals surface area contributed by atoms with Gasteiger partial charge in [0.25, 0.3) is 0 Å². The fraction of sp³-hybridized carbons (Fsp3) is 0.143. The standard InChI is InChI=1S/C7H8NO2S/c1-11-7-5-3-2-4-6(7)8(9)10/h2-5,9H,1H3/q-1. The average Bonchev–Trinajstić information content (AvgIpc) is 2.04. The molecule has 0 saturated carbocycles. The van der Waals surface area contributed by atoms with Crippen molar-refractivity contribution in [1.29, 1.82) is 0 Å². The molecular weight excluding hydrogens is 162 g/mol. The first-order chi connectivity index (χ1) is 5.25. The summed E-state index contributed by atoms with van der Waals surface area (Å²) in [6.07, 6.45) is 1.85. The van der Waals surface area contributed by atoms with Crippen molar-refractivity contribution in [2.45, 2.75) is 4.90 Å². The van der Waals surface area contributed by atoms with Crippen LogP contribution in [0, 0.1) is 5.21 Å². The summed E-state index contributed by atoms with van der Waals surface area (Å²) in [5.74, 6) is 0. The van der Waals surface area contributed by atoms with Crippen LogP contribution in [0.5, 0.6) is 0 Å². The molecule has 1 aromatic rings. The number of hydrogen-bond acceptors (Lipinski definition) is 4. The summed E-state index contributed by atoms with van der Waals surface area (Å²) < 4.78 is 0. The molecule has 3 nitrogen and oxygen atoms in total. The van der Waals surface area contributed by atoms with E-state index >= 15 is 0 Å². The van der Waals surface area contributed by atoms with Crippen LogP contribution in [0.25, 0.3) is 0 Å². The fourth-order valence-electron chi connectivity index (χ4n) is 0.788. The summed E-state index contributed by atoms with van der Waals surface area (Å²) in [6.45, 7) is 0. The minimum atomic E-state index is -0.119. The van der Waals surface area contributed by atoms with E-state index in [4.69, 9.17) is 5.21 Å². The lowest BCUT2D eigenvalue weighted by Gasteiger charge is -2.23. The van der Waals surface area contributed by atoms with Gasteiger partial charge in [0.1, 0.15) is 0 Å². The van der Waals surface area contributed by atoms with Crippen molar-refractivity contribution in [3.63, 3.8) is 0 Å². The van der Waals surface area contributed by atoms with Crippen molar-refractivity contribution in [3.05, 3.63) is 29.5 Å². The number of thioether (sulfide) groups is 1. The van der Waals surface area contributed by atoms with Gasteiger partial charge in [-0.25, -0.2) is 0 Å². The van der Waals surface area contributed by atoms with E-state index in [0.717, 1.165) is 4.90 Å². The quantitative estimate of drug-likeness (QED) is 0.545. The molecule has 0 bridgehead atoms. The van der Waals surface area contributed by atoms with Crippen molar-refractivity contribution in [2.24, 2.45) is 0 Å². The topological polar surface area (TPSA) is 46.5 Å². The van der Waals surface area contributed by atoms with Gasteiger partial charge in [0.05, 0.1) is 5.69 Å². The minimum Gasteiger partial charge on any atom is -0.733 e. The third-order valence-corrected chi connectivity index (χ3v) is 2.08. The highest BCUT2D eigenvalue weighted by atomic mass is 32.2. The van der Waals surface area contributed by atoms with Gasteiger partial charge in [0.2, 0.25) is 0 Å². The molecule has 1 N–H and O–H groups in total. The second-order valence-corrected chi connectivity index (χ2v) is 2.79. The Morgan fingerprint density at radius 2 is 2.09 bits per heavy atom. The van der Waals surface area contributed by atoms with Crippen LogP contribution in [0.2, 0.25) is 0 Å². The molecule has 0 aliphatic carbocycles. The lowest BCUT2D eigenvalue weighted by Crippen LogP contribution is -2.07. The van der Waals surface area contributed by atoms with Crippen LogP contribution in [-0.4, -0.2) is 11.5 Å². The van der Waals surface area contributed by atoms with E-state index in [0.29, 0.717) is 5.69 Å². The van der Waals surface area contributed by atoms with Gasteiger partial charge in [-0.05, 0) is 18.4 Å². The Bertz CT molecular complexity index is 240. The first-order valence-electron chi connectivity index (χ1n) is 3.05. The third-order valence-electron chi connectivity index (χ3n) is 1.29. The van der Waals surface area contributed by atoms with Gasteiger partial charge in [0, 0.05) is 4.90 Å². The lowest BCUT2D eigenvalue weighted by molar-refractivity contribution is 0.294. The number of anilines is 1. The molecule has 0 unspecified atom stereocenters. The van der Waals surface area contributed by atoms with Gasteiger partial charge in [-0.3, -0.25) is 5.21 Å². The number of benzene rings is 1. The van der Waals surface area contributed by atoms with Crippen LogP contribution in [0.1, 0.15) is 0 Å². The maximum Gasteiger partial charge on any atom is 0.0644 e. The second-order valence-electron chi connectivity index (χ2n) is 1.94. The van der Waals surface area contributed by atoms with Gasteiger partial charge in [-0.1, -0.05) is 12.1 Å². The Kier molecular flexibility index (Phi) is 2.76. The number of hydrogen-bond donors (Lipinski definition) is 1. The second kappa shape index (κ2) is 3.61. The predicted octanol–water partition coefficient (Wildman–Crippen LogP) is 2.10. The highest BCUT2D eigenvalue weighted by Crippen LogP contribution is 2.26. The molecule has 60 valence electrons. The van der Waals surface area contributed by atoms with Crippen molar-refractivity contribution in [1.82, 2.24) is 0 Å². The zero-order valence-corrected chi connectivity index (χ0v) is 6.84. The molecule has 0 aromatic heterocycles. The minimum absolute atomic E-state index is 0.119. The van der Waals surface area contributed by atoms with Crippen LogP contribution in [0.3, 0.4) is 0 Å². The van der Waals surface area contributed by atoms with Crippen LogP contribution < -0.4 is 5.23 Å². The van der Waals surface area contributed by atoms with E-state index in [1.165, 1.54) is 11.8 Å². The summed E-state index contributed by atoms with van der Waals surface area (Å²) in [6, 6.07) is 6.87. The van der Waals surface area contributed by atoms with Gasteiger partial charge in [-0.2, -0.15) is 0 Å². The zero-order valence-electron chi connectivity index (χ0n) is 6.02. The lowest BCUT2D eigenvalue weighted by atomic mass is 10.3. The maximum atomic E-state index is 10.5. The monoisotopic (exact) mass is 170 g/mol. The normalized spacial score (nSPS) is 9.73. The molecule has 0 heterocycles. The number of para-hydroxylation sites is 1. The van der Waals surface area contributed by atoms with Gasteiger partial charge >= 0.3 is 0 Å². The largest absolute Gasteiger partial charge is 0.733 e. The number of nitrogens with zero attached hydrogens (tertiary/aromatic N) is 1. The van der Waals surface area contributed by atoms with E-state index in [1.807, 2.05) is 12.3 Å². The molecule has 0 atom stereocenters. The fourth-order valence-corrected chi connectivity index (χ4v) is 1.36. The molecule has 0 saturated heterocycles. The highest BCUT2D eigenvalue weighted by molar-refractivity contribution is 7.98. The van der Waals surface area contributed by atoms with Crippen LogP contribution in [0.15, 0.2) is 29.2 Å². The predicted molar refractivity (Wildman–Crippen MR) is 45.9 cm³/mol. The molecule has 11 heavy (non-hydrogen) atoms. The zero-order chi connectivity index (χ0) is 8.27. The summed E-state index contributed by atoms with van der Waals surface area (Å²) in [7, 11) is 0. The Morgan fingerprint density at radius 3 is 2.55 bits per heavy atom. The molecular formula is C7H8NO2S-. The first-order valence-corrected chi connectivity index (χ1v) is 4.27. The van der Waals surface area contributed by atoms with E-state index in [-0.39, 0.29) is 5.23 Å². The van der Waals surface area contributed by atoms with E-state index in [1.54, 1.807) is 18.2 Å². The van der Waals surface area contributed by atoms with Crippen molar-refractivity contribution < 1.29 is 5.21 Å². The smallest absolute Gasteiger partial charge is 0.0644 e. The van der Waals surface area contributed by atoms with Crippen LogP contribution in [0.4, 0.5) is 5.69 Å². The van der Waals surface area contributed by atoms with E-state index in [2.05, 4.69) is 0 Å². The first kappa shape index (κ1) is 8.39. The van der Waals surface area contributed by atoms with Gasteiger partial charge in [0.15, 0.2) is 0 Å². The Morgan fingerprint density at radius 1 is 1.45 bits per heavy atom. The summed E-state index contributed by atoms with van der Waals surface area (Å²) >= 11 is 1.42. The van der Waals surface area contributed by atoms with Gasteiger partial charge in [-0.15, -0.1) is 11.8 Å². The molecule has 1 rings (SSSR count).